The summed E-state index contributed by atoms with van der Waals surface area (Å²) < 4.78 is 27.3. The Morgan fingerprint density at radius 2 is 1.86 bits per heavy atom. The number of benzene rings is 1. The normalized spacial score (nSPS) is 12.8. The number of hydrogen-bond donors (Lipinski definition) is 1. The van der Waals surface area contributed by atoms with Crippen molar-refractivity contribution in [1.82, 2.24) is 4.72 Å². The lowest BCUT2D eigenvalue weighted by molar-refractivity contribution is 0.504. The SMILES string of the molecule is CCCCCC[C@@H](CC#N)NS(=O)(=O)c1ccc(C)cc1. The second kappa shape index (κ2) is 8.81. The Labute approximate surface area is 128 Å². The van der Waals surface area contributed by atoms with Gasteiger partial charge in [0.2, 0.25) is 10.0 Å². The molecule has 0 fully saturated rings. The number of nitriles is 1. The van der Waals surface area contributed by atoms with Crippen LogP contribution in [0.15, 0.2) is 29.2 Å². The van der Waals surface area contributed by atoms with E-state index in [1.807, 2.05) is 6.92 Å². The average molecular weight is 308 g/mol. The Morgan fingerprint density at radius 3 is 2.43 bits per heavy atom. The molecule has 0 aliphatic heterocycles. The molecule has 0 spiro atoms. The molecule has 21 heavy (non-hydrogen) atoms. The molecule has 1 rings (SSSR count). The van der Waals surface area contributed by atoms with Crippen LogP contribution in [0.25, 0.3) is 0 Å². The first kappa shape index (κ1) is 17.7. The average Bonchev–Trinajstić information content (AvgIpc) is 2.44. The maximum atomic E-state index is 12.3. The Hall–Kier alpha value is -1.38. The third-order valence-electron chi connectivity index (χ3n) is 3.40. The standard InChI is InChI=1S/C16H24N2O2S/c1-3-4-5-6-7-15(12-13-17)18-21(19,20)16-10-8-14(2)9-11-16/h8-11,15,18H,3-7,12H2,1-2H3/t15-/m0/s1. The fourth-order valence-corrected chi connectivity index (χ4v) is 3.41. The summed E-state index contributed by atoms with van der Waals surface area (Å²) in [7, 11) is -3.54. The molecule has 1 aromatic rings. The van der Waals surface area contributed by atoms with Crippen LogP contribution >= 0.6 is 0 Å². The van der Waals surface area contributed by atoms with E-state index >= 15 is 0 Å². The molecule has 0 saturated carbocycles. The van der Waals surface area contributed by atoms with E-state index in [0.717, 1.165) is 31.2 Å². The highest BCUT2D eigenvalue weighted by Gasteiger charge is 2.19. The van der Waals surface area contributed by atoms with Crippen molar-refractivity contribution in [2.24, 2.45) is 0 Å². The van der Waals surface area contributed by atoms with Crippen LogP contribution in [0.5, 0.6) is 0 Å². The van der Waals surface area contributed by atoms with Gasteiger partial charge in [-0.05, 0) is 25.5 Å². The van der Waals surface area contributed by atoms with Gasteiger partial charge in [-0.15, -0.1) is 0 Å². The first-order valence-electron chi connectivity index (χ1n) is 7.45. The van der Waals surface area contributed by atoms with Crippen LogP contribution in [-0.2, 0) is 10.0 Å². The van der Waals surface area contributed by atoms with Crippen molar-refractivity contribution >= 4 is 10.0 Å². The summed E-state index contributed by atoms with van der Waals surface area (Å²) in [5.74, 6) is 0. The Balaban J connectivity index is 2.68. The van der Waals surface area contributed by atoms with Crippen LogP contribution in [0.1, 0.15) is 51.0 Å². The number of aryl methyl sites for hydroxylation is 1. The van der Waals surface area contributed by atoms with Gasteiger partial charge in [0.1, 0.15) is 0 Å². The predicted molar refractivity (Wildman–Crippen MR) is 84.3 cm³/mol. The van der Waals surface area contributed by atoms with Gasteiger partial charge in [-0.25, -0.2) is 13.1 Å². The van der Waals surface area contributed by atoms with E-state index in [9.17, 15) is 8.42 Å². The van der Waals surface area contributed by atoms with E-state index in [-0.39, 0.29) is 17.4 Å². The van der Waals surface area contributed by atoms with Gasteiger partial charge < -0.3 is 0 Å². The lowest BCUT2D eigenvalue weighted by Crippen LogP contribution is -2.34. The minimum Gasteiger partial charge on any atom is -0.207 e. The molecule has 5 heteroatoms. The van der Waals surface area contributed by atoms with E-state index in [2.05, 4.69) is 17.7 Å². The summed E-state index contributed by atoms with van der Waals surface area (Å²) in [5, 5.41) is 8.86. The van der Waals surface area contributed by atoms with Crippen LogP contribution in [-0.4, -0.2) is 14.5 Å². The van der Waals surface area contributed by atoms with Gasteiger partial charge in [0.05, 0.1) is 17.4 Å². The summed E-state index contributed by atoms with van der Waals surface area (Å²) in [5.41, 5.74) is 1.02. The van der Waals surface area contributed by atoms with Crippen molar-refractivity contribution in [3.05, 3.63) is 29.8 Å². The second-order valence-electron chi connectivity index (χ2n) is 5.34. The molecule has 0 aromatic heterocycles. The summed E-state index contributed by atoms with van der Waals surface area (Å²) in [6, 6.07) is 8.49. The molecule has 1 aromatic carbocycles. The van der Waals surface area contributed by atoms with Crippen LogP contribution in [0.2, 0.25) is 0 Å². The van der Waals surface area contributed by atoms with Crippen LogP contribution < -0.4 is 4.72 Å². The van der Waals surface area contributed by atoms with Crippen molar-refractivity contribution in [2.75, 3.05) is 0 Å². The first-order chi connectivity index (χ1) is 9.99. The topological polar surface area (TPSA) is 70.0 Å². The summed E-state index contributed by atoms with van der Waals surface area (Å²) in [6.07, 6.45) is 5.21. The minimum absolute atomic E-state index is 0.206. The molecule has 0 saturated heterocycles. The number of hydrogen-bond acceptors (Lipinski definition) is 3. The van der Waals surface area contributed by atoms with E-state index < -0.39 is 10.0 Å². The van der Waals surface area contributed by atoms with E-state index in [1.165, 1.54) is 0 Å². The van der Waals surface area contributed by atoms with Gasteiger partial charge in [0.25, 0.3) is 0 Å². The summed E-state index contributed by atoms with van der Waals surface area (Å²) in [4.78, 5) is 0.254. The fraction of sp³-hybridized carbons (Fsp3) is 0.562. The van der Waals surface area contributed by atoms with Crippen molar-refractivity contribution in [2.45, 2.75) is 63.3 Å². The van der Waals surface area contributed by atoms with Gasteiger partial charge in [-0.2, -0.15) is 5.26 Å². The van der Waals surface area contributed by atoms with Crippen molar-refractivity contribution in [1.29, 1.82) is 5.26 Å². The molecule has 116 valence electrons. The lowest BCUT2D eigenvalue weighted by atomic mass is 10.1. The summed E-state index contributed by atoms with van der Waals surface area (Å²) >= 11 is 0. The molecular weight excluding hydrogens is 284 g/mol. The highest BCUT2D eigenvalue weighted by atomic mass is 32.2. The maximum Gasteiger partial charge on any atom is 0.240 e. The van der Waals surface area contributed by atoms with Crippen LogP contribution in [0, 0.1) is 18.3 Å². The molecule has 4 nitrogen and oxygen atoms in total. The molecule has 1 N–H and O–H groups in total. The van der Waals surface area contributed by atoms with Gasteiger partial charge in [0, 0.05) is 6.04 Å². The highest BCUT2D eigenvalue weighted by molar-refractivity contribution is 7.89. The molecule has 1 atom stereocenters. The Bertz CT molecular complexity index is 559. The van der Waals surface area contributed by atoms with Crippen molar-refractivity contribution in [3.8, 4) is 6.07 Å². The summed E-state index contributed by atoms with van der Waals surface area (Å²) in [6.45, 7) is 4.04. The molecule has 0 radical (unpaired) electrons. The Morgan fingerprint density at radius 1 is 1.19 bits per heavy atom. The van der Waals surface area contributed by atoms with E-state index in [1.54, 1.807) is 24.3 Å². The molecular formula is C16H24N2O2S. The third kappa shape index (κ3) is 6.28. The fourth-order valence-electron chi connectivity index (χ4n) is 2.14. The molecule has 0 aliphatic rings. The smallest absolute Gasteiger partial charge is 0.207 e. The number of nitrogens with one attached hydrogen (secondary N) is 1. The molecule has 0 bridgehead atoms. The third-order valence-corrected chi connectivity index (χ3v) is 4.93. The number of sulfonamides is 1. The number of rotatable bonds is 9. The predicted octanol–water partition coefficient (Wildman–Crippen LogP) is 3.53. The molecule has 0 heterocycles. The quantitative estimate of drug-likeness (QED) is 0.709. The zero-order valence-corrected chi connectivity index (χ0v) is 13.6. The second-order valence-corrected chi connectivity index (χ2v) is 7.06. The highest BCUT2D eigenvalue weighted by Crippen LogP contribution is 2.14. The van der Waals surface area contributed by atoms with Crippen molar-refractivity contribution in [3.63, 3.8) is 0 Å². The van der Waals surface area contributed by atoms with Crippen LogP contribution in [0.3, 0.4) is 0 Å². The monoisotopic (exact) mass is 308 g/mol. The molecule has 0 amide bonds. The van der Waals surface area contributed by atoms with Gasteiger partial charge in [-0.1, -0.05) is 50.3 Å². The maximum absolute atomic E-state index is 12.3. The number of unbranched alkanes of at least 4 members (excludes halogenated alkanes) is 3. The molecule has 0 unspecified atom stereocenters. The zero-order chi connectivity index (χ0) is 15.7. The Kier molecular flexibility index (Phi) is 7.41. The van der Waals surface area contributed by atoms with Crippen LogP contribution in [0.4, 0.5) is 0 Å². The largest absolute Gasteiger partial charge is 0.240 e. The van der Waals surface area contributed by atoms with Crippen molar-refractivity contribution < 1.29 is 8.42 Å². The zero-order valence-electron chi connectivity index (χ0n) is 12.8. The van der Waals surface area contributed by atoms with Gasteiger partial charge in [0.15, 0.2) is 0 Å². The van der Waals surface area contributed by atoms with Gasteiger partial charge in [-0.3, -0.25) is 0 Å². The number of nitrogens with zero attached hydrogens (tertiary/aromatic N) is 1. The van der Waals surface area contributed by atoms with Gasteiger partial charge >= 0.3 is 0 Å². The van der Waals surface area contributed by atoms with E-state index in [0.29, 0.717) is 6.42 Å². The molecule has 0 aliphatic carbocycles. The van der Waals surface area contributed by atoms with E-state index in [4.69, 9.17) is 5.26 Å². The minimum atomic E-state index is -3.54. The first-order valence-corrected chi connectivity index (χ1v) is 8.94. The lowest BCUT2D eigenvalue weighted by Gasteiger charge is -2.16.